The number of carbonyl (C=O) groups is 7. The van der Waals surface area contributed by atoms with Crippen LogP contribution in [0.25, 0.3) is 0 Å². The standard InChI is InChI=1S/C20H36O2.C17H30O2.C15H28O2.2C14H26O2.C13H24O2.C12H22O2.7C2H6.14CH4/c1-5-19(2,3)18(21)22-20(4,16-12-8-6-9-13-16)17-14-10-7-11-15-17;1-8-14(2,3)13(18)19-17(7)11-12-9-10-16(17,6)15(12,4)5;1-6-14(2,3)13(16)17-15(4,5)12-10-8-7-9-11-12;1-6-13(2,3)12(15)16-14(4,5)11-9-7-8-10-11;1-5-13(2,3)12(15)16-14(4)10-8-6-7-9-11-14;1-5-12(2,3)11(14)15-13(4)9-7-6-8-10-13;1-5-11(2,3)10(13)14-12(4)8-6-7-9-12;7*1-2;;;;;;;;;;;;;;/h16-17H,5-15H2,1-4H3;12H,8-11H2,1-7H3;12H,6-11H2,1-5H3;11H,6-10H2,1-5H3;5-11H2,1-4H3;5-10H2,1-4H3;5-9H2,1-4H3;7*1-2H3;14*1H4. The first-order valence-electron chi connectivity index (χ1n) is 56.3. The van der Waals surface area contributed by atoms with Gasteiger partial charge in [-0.25, -0.2) is 0 Å². The third kappa shape index (κ3) is 61.0. The van der Waals surface area contributed by atoms with E-state index in [9.17, 15) is 33.6 Å². The number of hydrogen-bond donors (Lipinski definition) is 0. The minimum absolute atomic E-state index is 0. The Hall–Kier alpha value is -3.71. The molecule has 0 aromatic carbocycles. The van der Waals surface area contributed by atoms with E-state index in [0.717, 1.165) is 89.9 Å². The molecule has 0 aliphatic heterocycles. The van der Waals surface area contributed by atoms with Crippen molar-refractivity contribution in [2.24, 2.45) is 78.3 Å². The Kier molecular flexibility index (Phi) is 113. The van der Waals surface area contributed by atoms with E-state index in [4.69, 9.17) is 33.2 Å². The predicted octanol–water partition coefficient (Wildman–Crippen LogP) is 45.9. The van der Waals surface area contributed by atoms with Crippen molar-refractivity contribution in [3.63, 3.8) is 0 Å². The molecule has 0 aromatic rings. The van der Waals surface area contributed by atoms with Crippen LogP contribution in [0.4, 0.5) is 0 Å². The van der Waals surface area contributed by atoms with Crippen LogP contribution in [-0.2, 0) is 66.7 Å². The fourth-order valence-corrected chi connectivity index (χ4v) is 18.9. The highest BCUT2D eigenvalue weighted by Crippen LogP contribution is 2.71. The summed E-state index contributed by atoms with van der Waals surface area (Å²) in [4.78, 5) is 85.3. The van der Waals surface area contributed by atoms with Gasteiger partial charge in [-0.3, -0.25) is 33.6 Å². The first-order chi connectivity index (χ1) is 61.7. The summed E-state index contributed by atoms with van der Waals surface area (Å²) < 4.78 is 41.0. The Morgan fingerprint density at radius 3 is 0.585 bits per heavy atom. The Bertz CT molecular complexity index is 3030. The van der Waals surface area contributed by atoms with Crippen molar-refractivity contribution in [1.82, 2.24) is 0 Å². The smallest absolute Gasteiger partial charge is 0.312 e. The summed E-state index contributed by atoms with van der Waals surface area (Å²) >= 11 is 0. The Morgan fingerprint density at radius 1 is 0.218 bits per heavy atom. The number of hydrogen-bond acceptors (Lipinski definition) is 14. The second kappa shape index (κ2) is 88.4. The molecule has 2 bridgehead atoms. The summed E-state index contributed by atoms with van der Waals surface area (Å²) in [5.41, 5.74) is -3.73. The van der Waals surface area contributed by atoms with Gasteiger partial charge in [-0.15, -0.1) is 0 Å². The molecule has 0 saturated heterocycles. The molecule has 14 nitrogen and oxygen atoms in total. The zero-order chi connectivity index (χ0) is 105. The maximum atomic E-state index is 12.8. The van der Waals surface area contributed by atoms with Gasteiger partial charge in [0.15, 0.2) is 0 Å². The van der Waals surface area contributed by atoms with Crippen LogP contribution in [0.1, 0.15) is 712 Å². The van der Waals surface area contributed by atoms with Crippen LogP contribution >= 0.6 is 0 Å². The van der Waals surface area contributed by atoms with Crippen molar-refractivity contribution in [1.29, 1.82) is 0 Å². The minimum atomic E-state index is -0.370. The third-order valence-corrected chi connectivity index (χ3v) is 33.1. The van der Waals surface area contributed by atoms with Gasteiger partial charge in [0.1, 0.15) is 39.2 Å². The van der Waals surface area contributed by atoms with Gasteiger partial charge < -0.3 is 33.2 Å². The zero-order valence-corrected chi connectivity index (χ0v) is 98.2. The lowest BCUT2D eigenvalue weighted by Crippen LogP contribution is -2.49. The number of ether oxygens (including phenoxy) is 7. The number of rotatable bonds is 25. The average molecular weight is 2110 g/mol. The molecule has 3 unspecified atom stereocenters. The first-order valence-corrected chi connectivity index (χ1v) is 56.3. The fourth-order valence-electron chi connectivity index (χ4n) is 18.9. The van der Waals surface area contributed by atoms with E-state index in [1.165, 1.54) is 193 Å². The Labute approximate surface area is 932 Å². The summed E-state index contributed by atoms with van der Waals surface area (Å²) in [6.07, 6.45) is 50.6. The highest BCUT2D eigenvalue weighted by atomic mass is 16.6. The van der Waals surface area contributed by atoms with Crippen LogP contribution in [0.5, 0.6) is 0 Å². The van der Waals surface area contributed by atoms with Gasteiger partial charge in [-0.1, -0.05) is 360 Å². The summed E-state index contributed by atoms with van der Waals surface area (Å²) in [5.74, 6) is 2.72. The molecule has 9 aliphatic carbocycles. The third-order valence-electron chi connectivity index (χ3n) is 33.1. The average Bonchev–Trinajstić information content (AvgIpc) is 1.53. The molecule has 147 heavy (non-hydrogen) atoms. The quantitative estimate of drug-likeness (QED) is 0.0478. The van der Waals surface area contributed by atoms with Crippen molar-refractivity contribution < 1.29 is 66.7 Å². The Balaban J connectivity index is -0.0000000740. The van der Waals surface area contributed by atoms with Crippen LogP contribution in [0.3, 0.4) is 0 Å². The summed E-state index contributed by atoms with van der Waals surface area (Å²) in [7, 11) is 0. The van der Waals surface area contributed by atoms with Crippen molar-refractivity contribution in [2.45, 2.75) is 751 Å². The lowest BCUT2D eigenvalue weighted by atomic mass is 9.65. The summed E-state index contributed by atoms with van der Waals surface area (Å²) in [6, 6.07) is 0. The summed E-state index contributed by atoms with van der Waals surface area (Å²) in [5, 5.41) is 0. The number of carbonyl (C=O) groups excluding carboxylic acids is 7. The van der Waals surface area contributed by atoms with E-state index >= 15 is 0 Å². The first kappa shape index (κ1) is 188. The molecule has 0 heterocycles. The maximum Gasteiger partial charge on any atom is 0.312 e. The highest BCUT2D eigenvalue weighted by Gasteiger charge is 2.69. The van der Waals surface area contributed by atoms with Crippen molar-refractivity contribution in [3.8, 4) is 0 Å². The molecule has 906 valence electrons. The lowest BCUT2D eigenvalue weighted by Gasteiger charge is -2.47. The van der Waals surface area contributed by atoms with E-state index in [1.54, 1.807) is 0 Å². The molecule has 0 N–H and O–H groups in total. The van der Waals surface area contributed by atoms with Crippen molar-refractivity contribution >= 4 is 41.8 Å². The largest absolute Gasteiger partial charge is 0.459 e. The van der Waals surface area contributed by atoms with Gasteiger partial charge in [0.05, 0.1) is 37.9 Å². The normalized spacial score (nSPS) is 19.6. The number of esters is 7. The summed E-state index contributed by atoms with van der Waals surface area (Å²) in [6.45, 7) is 95.9. The van der Waals surface area contributed by atoms with E-state index in [-0.39, 0.29) is 234 Å². The molecular formula is C133H290O14. The van der Waals surface area contributed by atoms with Gasteiger partial charge in [0, 0.05) is 5.41 Å². The molecule has 14 heteroatoms. The van der Waals surface area contributed by atoms with Gasteiger partial charge >= 0.3 is 41.8 Å². The molecular weight excluding hydrogens is 1820 g/mol. The van der Waals surface area contributed by atoms with Gasteiger partial charge in [0.2, 0.25) is 0 Å². The topological polar surface area (TPSA) is 184 Å². The highest BCUT2D eigenvalue weighted by molar-refractivity contribution is 5.79. The molecule has 3 atom stereocenters. The van der Waals surface area contributed by atoms with E-state index in [2.05, 4.69) is 96.9 Å². The molecule has 9 fully saturated rings. The molecule has 9 saturated carbocycles. The maximum absolute atomic E-state index is 12.8. The van der Waals surface area contributed by atoms with E-state index in [1.807, 2.05) is 228 Å². The van der Waals surface area contributed by atoms with Gasteiger partial charge in [-0.2, -0.15) is 0 Å². The fraction of sp³-hybridized carbons (Fsp3) is 0.947. The van der Waals surface area contributed by atoms with Crippen LogP contribution in [0, 0.1) is 78.3 Å². The van der Waals surface area contributed by atoms with Crippen LogP contribution < -0.4 is 0 Å². The molecule has 0 amide bonds. The second-order valence-corrected chi connectivity index (χ2v) is 46.5. The van der Waals surface area contributed by atoms with Gasteiger partial charge in [0.25, 0.3) is 0 Å². The molecule has 9 aliphatic rings. The Morgan fingerprint density at radius 2 is 0.388 bits per heavy atom. The van der Waals surface area contributed by atoms with E-state index < -0.39 is 0 Å². The minimum Gasteiger partial charge on any atom is -0.459 e. The van der Waals surface area contributed by atoms with Crippen LogP contribution in [-0.4, -0.2) is 81.0 Å². The monoisotopic (exact) mass is 2110 g/mol. The molecule has 0 aromatic heterocycles. The van der Waals surface area contributed by atoms with E-state index in [0.29, 0.717) is 29.6 Å². The van der Waals surface area contributed by atoms with Crippen molar-refractivity contribution in [2.75, 3.05) is 0 Å². The second-order valence-electron chi connectivity index (χ2n) is 46.5. The van der Waals surface area contributed by atoms with Crippen molar-refractivity contribution in [3.05, 3.63) is 0 Å². The lowest BCUT2D eigenvalue weighted by molar-refractivity contribution is -0.187. The van der Waals surface area contributed by atoms with Crippen LogP contribution in [0.2, 0.25) is 0 Å². The molecule has 9 rings (SSSR count). The predicted molar refractivity (Wildman–Crippen MR) is 665 cm³/mol. The zero-order valence-electron chi connectivity index (χ0n) is 98.2. The molecule has 0 radical (unpaired) electrons. The number of fused-ring (bicyclic) bond motifs is 2. The molecule has 0 spiro atoms. The van der Waals surface area contributed by atoms with Gasteiger partial charge in [-0.05, 0) is 387 Å². The SMILES string of the molecule is C.C.C.C.C.C.C.C.C.C.C.C.C.C.CC.CC.CC.CC.CC.CC.CC.CCC(C)(C)C(=O)OC(C)(C)C1CCCC1.CCC(C)(C)C(=O)OC(C)(C)C1CCCCC1.CCC(C)(C)C(=O)OC(C)(C1CCCCC1)C1CCCCC1.CCC(C)(C)C(=O)OC1(C)CC2CCC1(C)C2(C)C.CCC(C)(C)C(=O)OC1(C)CCCC1.CCC(C)(C)C(=O)OC1(C)CCCCC1.CCC(C)(C)C(=O)OC1(C)CCCCCC1. The van der Waals surface area contributed by atoms with Crippen LogP contribution in [0.15, 0.2) is 0 Å².